The summed E-state index contributed by atoms with van der Waals surface area (Å²) in [6.45, 7) is 3.66. The van der Waals surface area contributed by atoms with E-state index in [1.54, 1.807) is 6.07 Å². The molecule has 1 aromatic rings. The average molecular weight is 262 g/mol. The summed E-state index contributed by atoms with van der Waals surface area (Å²) in [5.41, 5.74) is 7.80. The molecule has 1 saturated heterocycles. The van der Waals surface area contributed by atoms with Crippen LogP contribution >= 0.6 is 0 Å². The van der Waals surface area contributed by atoms with E-state index in [-0.39, 0.29) is 5.82 Å². The largest absolute Gasteiger partial charge is 0.330 e. The van der Waals surface area contributed by atoms with E-state index >= 15 is 0 Å². The Bertz CT molecular complexity index is 456. The van der Waals surface area contributed by atoms with Gasteiger partial charge in [0.1, 0.15) is 5.82 Å². The van der Waals surface area contributed by atoms with E-state index in [4.69, 9.17) is 5.73 Å². The predicted molar refractivity (Wildman–Crippen MR) is 75.4 cm³/mol. The van der Waals surface area contributed by atoms with Gasteiger partial charge in [0.05, 0.1) is 0 Å². The summed E-state index contributed by atoms with van der Waals surface area (Å²) in [6, 6.07) is 6.75. The van der Waals surface area contributed by atoms with Crippen LogP contribution in [0.4, 0.5) is 4.39 Å². The number of aryl methyl sites for hydroxylation is 1. The van der Waals surface area contributed by atoms with Crippen LogP contribution in [0.25, 0.3) is 0 Å². The number of hydrogen-bond acceptors (Lipinski definition) is 2. The van der Waals surface area contributed by atoms with Gasteiger partial charge >= 0.3 is 0 Å². The molecule has 3 heteroatoms. The Morgan fingerprint density at radius 1 is 1.32 bits per heavy atom. The van der Waals surface area contributed by atoms with E-state index in [9.17, 15) is 4.39 Å². The second-order valence-corrected chi connectivity index (χ2v) is 6.06. The molecule has 3 rings (SSSR count). The van der Waals surface area contributed by atoms with Gasteiger partial charge in [-0.1, -0.05) is 12.1 Å². The topological polar surface area (TPSA) is 29.3 Å². The van der Waals surface area contributed by atoms with Gasteiger partial charge in [-0.3, -0.25) is 4.90 Å². The fraction of sp³-hybridized carbons (Fsp3) is 0.625. The highest BCUT2D eigenvalue weighted by atomic mass is 19.1. The summed E-state index contributed by atoms with van der Waals surface area (Å²) < 4.78 is 13.9. The van der Waals surface area contributed by atoms with Crippen molar-refractivity contribution >= 4 is 0 Å². The van der Waals surface area contributed by atoms with Gasteiger partial charge in [-0.05, 0) is 68.8 Å². The molecule has 0 bridgehead atoms. The number of nitrogens with two attached hydrogens (primary N) is 1. The highest BCUT2D eigenvalue weighted by Crippen LogP contribution is 2.42. The minimum Gasteiger partial charge on any atom is -0.330 e. The third kappa shape index (κ3) is 2.54. The number of hydrogen-bond donors (Lipinski definition) is 1. The lowest BCUT2D eigenvalue weighted by atomic mass is 9.84. The Balaban J connectivity index is 1.93. The molecule has 2 N–H and O–H groups in total. The van der Waals surface area contributed by atoms with Crippen molar-refractivity contribution in [2.45, 2.75) is 44.7 Å². The lowest BCUT2D eigenvalue weighted by Crippen LogP contribution is -2.42. The lowest BCUT2D eigenvalue weighted by molar-refractivity contribution is 0.0877. The molecular weight excluding hydrogens is 239 g/mol. The molecule has 0 spiro atoms. The minimum atomic E-state index is -0.0883. The first kappa shape index (κ1) is 13.1. The smallest absolute Gasteiger partial charge is 0.126 e. The molecule has 2 fully saturated rings. The first-order valence-electron chi connectivity index (χ1n) is 7.42. The Morgan fingerprint density at radius 3 is 2.74 bits per heavy atom. The van der Waals surface area contributed by atoms with Crippen LogP contribution in [0.1, 0.15) is 42.9 Å². The van der Waals surface area contributed by atoms with E-state index < -0.39 is 0 Å². The van der Waals surface area contributed by atoms with Gasteiger partial charge < -0.3 is 5.73 Å². The Kier molecular flexibility index (Phi) is 3.59. The van der Waals surface area contributed by atoms with E-state index in [1.807, 2.05) is 13.0 Å². The molecule has 1 aliphatic heterocycles. The van der Waals surface area contributed by atoms with Crippen LogP contribution in [0, 0.1) is 18.7 Å². The van der Waals surface area contributed by atoms with Crippen molar-refractivity contribution < 1.29 is 4.39 Å². The monoisotopic (exact) mass is 262 g/mol. The van der Waals surface area contributed by atoms with Crippen LogP contribution in [0.2, 0.25) is 0 Å². The third-order valence-corrected chi connectivity index (χ3v) is 4.65. The van der Waals surface area contributed by atoms with Crippen LogP contribution in [-0.4, -0.2) is 24.0 Å². The fourth-order valence-corrected chi connectivity index (χ4v) is 3.42. The van der Waals surface area contributed by atoms with Gasteiger partial charge in [-0.2, -0.15) is 0 Å². The van der Waals surface area contributed by atoms with Crippen molar-refractivity contribution in [1.82, 2.24) is 4.90 Å². The van der Waals surface area contributed by atoms with E-state index in [0.29, 0.717) is 24.5 Å². The summed E-state index contributed by atoms with van der Waals surface area (Å²) in [5.74, 6) is 0.381. The highest BCUT2D eigenvalue weighted by molar-refractivity contribution is 5.27. The maximum Gasteiger partial charge on any atom is 0.126 e. The van der Waals surface area contributed by atoms with Gasteiger partial charge in [0.25, 0.3) is 0 Å². The number of piperidine rings is 1. The Morgan fingerprint density at radius 2 is 2.11 bits per heavy atom. The molecule has 1 heterocycles. The van der Waals surface area contributed by atoms with Crippen molar-refractivity contribution in [2.75, 3.05) is 13.1 Å². The lowest BCUT2D eigenvalue weighted by Gasteiger charge is -2.41. The van der Waals surface area contributed by atoms with Crippen LogP contribution in [0.3, 0.4) is 0 Å². The molecule has 19 heavy (non-hydrogen) atoms. The molecule has 0 radical (unpaired) electrons. The zero-order chi connectivity index (χ0) is 13.4. The van der Waals surface area contributed by atoms with Crippen LogP contribution in [0.5, 0.6) is 0 Å². The summed E-state index contributed by atoms with van der Waals surface area (Å²) in [6.07, 6.45) is 4.98. The quantitative estimate of drug-likeness (QED) is 0.907. The van der Waals surface area contributed by atoms with Crippen molar-refractivity contribution in [3.63, 3.8) is 0 Å². The molecule has 0 aromatic heterocycles. The van der Waals surface area contributed by atoms with Crippen molar-refractivity contribution in [3.8, 4) is 0 Å². The zero-order valence-electron chi connectivity index (χ0n) is 11.6. The fourth-order valence-electron chi connectivity index (χ4n) is 3.42. The van der Waals surface area contributed by atoms with Crippen LogP contribution < -0.4 is 5.73 Å². The van der Waals surface area contributed by atoms with Crippen molar-refractivity contribution in [2.24, 2.45) is 11.7 Å². The molecular formula is C16H23FN2. The van der Waals surface area contributed by atoms with E-state index in [0.717, 1.165) is 17.7 Å². The number of likely N-dealkylation sites (tertiary alicyclic amines) is 1. The summed E-state index contributed by atoms with van der Waals surface area (Å²) in [4.78, 5) is 2.57. The summed E-state index contributed by atoms with van der Waals surface area (Å²) in [7, 11) is 0. The Labute approximate surface area is 114 Å². The Hall–Kier alpha value is -0.930. The molecule has 2 atom stereocenters. The molecule has 1 aliphatic carbocycles. The van der Waals surface area contributed by atoms with Gasteiger partial charge in [-0.15, -0.1) is 0 Å². The van der Waals surface area contributed by atoms with E-state index in [2.05, 4.69) is 11.0 Å². The summed E-state index contributed by atoms with van der Waals surface area (Å²) in [5, 5.41) is 0. The molecule has 104 valence electrons. The first-order valence-corrected chi connectivity index (χ1v) is 7.42. The van der Waals surface area contributed by atoms with Gasteiger partial charge in [0.15, 0.2) is 0 Å². The summed E-state index contributed by atoms with van der Waals surface area (Å²) >= 11 is 0. The first-order chi connectivity index (χ1) is 9.20. The zero-order valence-corrected chi connectivity index (χ0v) is 11.6. The van der Waals surface area contributed by atoms with Gasteiger partial charge in [-0.25, -0.2) is 4.39 Å². The number of benzene rings is 1. The SMILES string of the molecule is Cc1ccc(C2C(CN)CCCN2C2CC2)cc1F. The van der Waals surface area contributed by atoms with Crippen molar-refractivity contribution in [3.05, 3.63) is 35.1 Å². The molecule has 0 amide bonds. The average Bonchev–Trinajstić information content (AvgIpc) is 3.25. The number of rotatable bonds is 3. The molecule has 1 saturated carbocycles. The number of nitrogens with zero attached hydrogens (tertiary/aromatic N) is 1. The van der Waals surface area contributed by atoms with Gasteiger partial charge in [0, 0.05) is 12.1 Å². The predicted octanol–water partition coefficient (Wildman–Crippen LogP) is 3.01. The maximum atomic E-state index is 13.9. The normalized spacial score (nSPS) is 28.6. The highest BCUT2D eigenvalue weighted by Gasteiger charge is 2.40. The minimum absolute atomic E-state index is 0.0883. The molecule has 2 nitrogen and oxygen atoms in total. The second-order valence-electron chi connectivity index (χ2n) is 6.06. The third-order valence-electron chi connectivity index (χ3n) is 4.65. The molecule has 2 unspecified atom stereocenters. The number of halogens is 1. The van der Waals surface area contributed by atoms with Crippen LogP contribution in [0.15, 0.2) is 18.2 Å². The second kappa shape index (κ2) is 5.22. The van der Waals surface area contributed by atoms with Crippen molar-refractivity contribution in [1.29, 1.82) is 0 Å². The maximum absolute atomic E-state index is 13.9. The van der Waals surface area contributed by atoms with Gasteiger partial charge in [0.2, 0.25) is 0 Å². The van der Waals surface area contributed by atoms with E-state index in [1.165, 1.54) is 25.7 Å². The standard InChI is InChI=1S/C16H23FN2/c1-11-4-5-12(9-15(11)17)16-13(10-18)3-2-8-19(16)14-6-7-14/h4-5,9,13-14,16H,2-3,6-8,10,18H2,1H3. The molecule has 2 aliphatic rings. The molecule has 1 aromatic carbocycles. The van der Waals surface area contributed by atoms with Crippen LogP contribution in [-0.2, 0) is 0 Å².